The summed E-state index contributed by atoms with van der Waals surface area (Å²) in [5.74, 6) is -1.19. The minimum atomic E-state index is -0.831. The molecule has 2 rings (SSSR count). The zero-order valence-electron chi connectivity index (χ0n) is 9.00. The first kappa shape index (κ1) is 11.1. The van der Waals surface area contributed by atoms with Crippen LogP contribution >= 0.6 is 0 Å². The Morgan fingerprint density at radius 2 is 2.25 bits per heavy atom. The van der Waals surface area contributed by atoms with Crippen molar-refractivity contribution in [2.24, 2.45) is 0 Å². The SMILES string of the molecule is COCc1cc(C2(C(=O)O)CC2)ccc1F. The summed E-state index contributed by atoms with van der Waals surface area (Å²) in [6.07, 6.45) is 1.25. The molecule has 0 aliphatic heterocycles. The van der Waals surface area contributed by atoms with Crippen LogP contribution in [0.4, 0.5) is 4.39 Å². The molecule has 86 valence electrons. The topological polar surface area (TPSA) is 46.5 Å². The van der Waals surface area contributed by atoms with Gasteiger partial charge in [0.25, 0.3) is 0 Å². The van der Waals surface area contributed by atoms with Gasteiger partial charge in [0.1, 0.15) is 5.82 Å². The van der Waals surface area contributed by atoms with Crippen LogP contribution in [0.15, 0.2) is 18.2 Å². The van der Waals surface area contributed by atoms with E-state index >= 15 is 0 Å². The van der Waals surface area contributed by atoms with E-state index in [-0.39, 0.29) is 12.4 Å². The molecule has 0 atom stereocenters. The molecule has 1 aliphatic rings. The summed E-state index contributed by atoms with van der Waals surface area (Å²) in [4.78, 5) is 11.1. The molecule has 1 aromatic rings. The molecule has 0 radical (unpaired) electrons. The number of benzene rings is 1. The summed E-state index contributed by atoms with van der Waals surface area (Å²) < 4.78 is 18.2. The average Bonchev–Trinajstić information content (AvgIpc) is 3.02. The highest BCUT2D eigenvalue weighted by molar-refractivity contribution is 5.84. The molecule has 0 spiro atoms. The normalized spacial score (nSPS) is 17.1. The molecule has 1 aliphatic carbocycles. The number of aliphatic carboxylic acids is 1. The Morgan fingerprint density at radius 3 is 2.75 bits per heavy atom. The number of ether oxygens (including phenoxy) is 1. The first-order valence-electron chi connectivity index (χ1n) is 5.11. The molecule has 1 aromatic carbocycles. The number of hydrogen-bond acceptors (Lipinski definition) is 2. The van der Waals surface area contributed by atoms with Gasteiger partial charge in [-0.05, 0) is 30.5 Å². The van der Waals surface area contributed by atoms with Crippen LogP contribution in [0.2, 0.25) is 0 Å². The fourth-order valence-electron chi connectivity index (χ4n) is 1.89. The Bertz CT molecular complexity index is 424. The third-order valence-electron chi connectivity index (χ3n) is 3.06. The van der Waals surface area contributed by atoms with Crippen molar-refractivity contribution in [2.45, 2.75) is 24.9 Å². The lowest BCUT2D eigenvalue weighted by molar-refractivity contribution is -0.140. The van der Waals surface area contributed by atoms with Crippen molar-refractivity contribution in [1.29, 1.82) is 0 Å². The van der Waals surface area contributed by atoms with Crippen molar-refractivity contribution in [2.75, 3.05) is 7.11 Å². The van der Waals surface area contributed by atoms with Crippen molar-refractivity contribution >= 4 is 5.97 Å². The molecule has 4 heteroatoms. The van der Waals surface area contributed by atoms with E-state index in [0.29, 0.717) is 24.0 Å². The standard InChI is InChI=1S/C12H13FO3/c1-16-7-8-6-9(2-3-10(8)13)12(4-5-12)11(14)15/h2-3,6H,4-5,7H2,1H3,(H,14,15). The van der Waals surface area contributed by atoms with E-state index in [4.69, 9.17) is 9.84 Å². The van der Waals surface area contributed by atoms with E-state index in [1.54, 1.807) is 12.1 Å². The highest BCUT2D eigenvalue weighted by atomic mass is 19.1. The number of hydrogen-bond donors (Lipinski definition) is 1. The highest BCUT2D eigenvalue weighted by Gasteiger charge is 2.51. The summed E-state index contributed by atoms with van der Waals surface area (Å²) in [5.41, 5.74) is 0.303. The molecule has 0 aromatic heterocycles. The van der Waals surface area contributed by atoms with Gasteiger partial charge in [-0.2, -0.15) is 0 Å². The molecule has 3 nitrogen and oxygen atoms in total. The molecule has 1 fully saturated rings. The van der Waals surface area contributed by atoms with Gasteiger partial charge < -0.3 is 9.84 Å². The van der Waals surface area contributed by atoms with Crippen LogP contribution in [0, 0.1) is 5.82 Å². The van der Waals surface area contributed by atoms with Gasteiger partial charge in [-0.25, -0.2) is 4.39 Å². The first-order chi connectivity index (χ1) is 7.60. The Hall–Kier alpha value is -1.42. The lowest BCUT2D eigenvalue weighted by Gasteiger charge is -2.12. The van der Waals surface area contributed by atoms with Crippen LogP contribution in [0.3, 0.4) is 0 Å². The molecule has 1 N–H and O–H groups in total. The van der Waals surface area contributed by atoms with Crippen molar-refractivity contribution in [3.63, 3.8) is 0 Å². The van der Waals surface area contributed by atoms with Crippen LogP contribution in [0.25, 0.3) is 0 Å². The van der Waals surface area contributed by atoms with Gasteiger partial charge in [0.15, 0.2) is 0 Å². The van der Waals surface area contributed by atoms with E-state index in [1.807, 2.05) is 0 Å². The van der Waals surface area contributed by atoms with Gasteiger partial charge in [-0.1, -0.05) is 6.07 Å². The van der Waals surface area contributed by atoms with Crippen LogP contribution in [-0.4, -0.2) is 18.2 Å². The molecule has 0 amide bonds. The van der Waals surface area contributed by atoms with Gasteiger partial charge in [0.05, 0.1) is 12.0 Å². The molecule has 0 saturated heterocycles. The molecule has 0 bridgehead atoms. The third-order valence-corrected chi connectivity index (χ3v) is 3.06. The second kappa shape index (κ2) is 3.87. The van der Waals surface area contributed by atoms with Gasteiger partial charge in [-0.15, -0.1) is 0 Å². The maximum absolute atomic E-state index is 13.3. The predicted molar refractivity (Wildman–Crippen MR) is 55.7 cm³/mol. The summed E-state index contributed by atoms with van der Waals surface area (Å²) >= 11 is 0. The highest BCUT2D eigenvalue weighted by Crippen LogP contribution is 2.48. The van der Waals surface area contributed by atoms with Gasteiger partial charge in [0.2, 0.25) is 0 Å². The smallest absolute Gasteiger partial charge is 0.314 e. The number of carboxylic acids is 1. The van der Waals surface area contributed by atoms with Crippen LogP contribution < -0.4 is 0 Å². The Labute approximate surface area is 92.9 Å². The van der Waals surface area contributed by atoms with Gasteiger partial charge >= 0.3 is 5.97 Å². The largest absolute Gasteiger partial charge is 0.481 e. The zero-order valence-corrected chi connectivity index (χ0v) is 9.00. The van der Waals surface area contributed by atoms with E-state index < -0.39 is 11.4 Å². The second-order valence-electron chi connectivity index (χ2n) is 4.13. The number of rotatable bonds is 4. The van der Waals surface area contributed by atoms with Gasteiger partial charge in [-0.3, -0.25) is 4.79 Å². The fraction of sp³-hybridized carbons (Fsp3) is 0.417. The Balaban J connectivity index is 2.36. The van der Waals surface area contributed by atoms with Crippen LogP contribution in [-0.2, 0) is 21.6 Å². The lowest BCUT2D eigenvalue weighted by atomic mass is 9.94. The number of carboxylic acid groups (broad SMARTS) is 1. The van der Waals surface area contributed by atoms with Crippen molar-refractivity contribution in [3.8, 4) is 0 Å². The summed E-state index contributed by atoms with van der Waals surface area (Å²) in [6, 6.07) is 4.46. The molecule has 0 unspecified atom stereocenters. The van der Waals surface area contributed by atoms with E-state index in [0.717, 1.165) is 0 Å². The van der Waals surface area contributed by atoms with E-state index in [9.17, 15) is 9.18 Å². The summed E-state index contributed by atoms with van der Waals surface area (Å²) in [7, 11) is 1.48. The van der Waals surface area contributed by atoms with Crippen LogP contribution in [0.1, 0.15) is 24.0 Å². The monoisotopic (exact) mass is 224 g/mol. The minimum absolute atomic E-state index is 0.162. The van der Waals surface area contributed by atoms with Crippen molar-refractivity contribution in [1.82, 2.24) is 0 Å². The number of halogens is 1. The molecule has 1 saturated carbocycles. The molecular formula is C12H13FO3. The fourth-order valence-corrected chi connectivity index (χ4v) is 1.89. The summed E-state index contributed by atoms with van der Waals surface area (Å²) in [6.45, 7) is 0.162. The predicted octanol–water partition coefficient (Wildman–Crippen LogP) is 2.09. The summed E-state index contributed by atoms with van der Waals surface area (Å²) in [5, 5.41) is 9.12. The quantitative estimate of drug-likeness (QED) is 0.851. The lowest BCUT2D eigenvalue weighted by Crippen LogP contribution is -2.19. The maximum Gasteiger partial charge on any atom is 0.314 e. The van der Waals surface area contributed by atoms with Gasteiger partial charge in [0, 0.05) is 12.7 Å². The number of methoxy groups -OCH3 is 1. The van der Waals surface area contributed by atoms with E-state index in [1.165, 1.54) is 13.2 Å². The minimum Gasteiger partial charge on any atom is -0.481 e. The molecule has 0 heterocycles. The van der Waals surface area contributed by atoms with Crippen molar-refractivity contribution in [3.05, 3.63) is 35.1 Å². The first-order valence-corrected chi connectivity index (χ1v) is 5.11. The van der Waals surface area contributed by atoms with E-state index in [2.05, 4.69) is 0 Å². The second-order valence-corrected chi connectivity index (χ2v) is 4.13. The maximum atomic E-state index is 13.3. The Morgan fingerprint density at radius 1 is 1.56 bits per heavy atom. The molecular weight excluding hydrogens is 211 g/mol. The van der Waals surface area contributed by atoms with Crippen LogP contribution in [0.5, 0.6) is 0 Å². The molecule has 16 heavy (non-hydrogen) atoms. The van der Waals surface area contributed by atoms with Crippen molar-refractivity contribution < 1.29 is 19.0 Å². The third kappa shape index (κ3) is 1.69. The zero-order chi connectivity index (χ0) is 11.8. The number of carbonyl (C=O) groups is 1. The Kier molecular flexibility index (Phi) is 2.68. The average molecular weight is 224 g/mol.